The van der Waals surface area contributed by atoms with Crippen LogP contribution in [-0.4, -0.2) is 21.3 Å². The third-order valence-corrected chi connectivity index (χ3v) is 4.62. The molecule has 0 bridgehead atoms. The molecular weight excluding hydrogens is 303 g/mol. The minimum absolute atomic E-state index is 0.238. The Balaban J connectivity index is 1.94. The molecule has 4 heteroatoms. The van der Waals surface area contributed by atoms with E-state index in [1.807, 2.05) is 24.4 Å². The average molecular weight is 326 g/mol. The highest BCUT2D eigenvalue weighted by atomic mass is 16.5. The van der Waals surface area contributed by atoms with Gasteiger partial charge in [-0.1, -0.05) is 6.07 Å². The summed E-state index contributed by atoms with van der Waals surface area (Å²) in [7, 11) is 0.605. The zero-order valence-electron chi connectivity index (χ0n) is 16.6. The zero-order chi connectivity index (χ0) is 19.2. The number of nitrogens with zero attached hydrogens (tertiary/aromatic N) is 1. The first-order chi connectivity index (χ1) is 12.9. The lowest BCUT2D eigenvalue weighted by Gasteiger charge is -2.17. The number of pyridine rings is 1. The Morgan fingerprint density at radius 3 is 2.75 bits per heavy atom. The molecule has 1 aromatic heterocycles. The van der Waals surface area contributed by atoms with Gasteiger partial charge in [0.1, 0.15) is 5.75 Å². The van der Waals surface area contributed by atoms with Gasteiger partial charge in [-0.15, -0.1) is 0 Å². The predicted octanol–water partition coefficient (Wildman–Crippen LogP) is 3.38. The normalized spacial score (nSPS) is 14.8. The lowest BCUT2D eigenvalue weighted by molar-refractivity contribution is -0.686. The second-order valence-corrected chi connectivity index (χ2v) is 5.83. The van der Waals surface area contributed by atoms with Crippen molar-refractivity contribution in [3.8, 4) is 28.5 Å². The fourth-order valence-corrected chi connectivity index (χ4v) is 3.37. The highest BCUT2D eigenvalue weighted by molar-refractivity contribution is 5.91. The molecule has 1 aliphatic rings. The molecule has 2 aromatic carbocycles. The molecule has 0 N–H and O–H groups in total. The minimum atomic E-state index is -2.55. The van der Waals surface area contributed by atoms with Crippen molar-refractivity contribution in [2.24, 2.45) is 0 Å². The van der Waals surface area contributed by atoms with Gasteiger partial charge in [-0.05, 0) is 35.2 Å². The van der Waals surface area contributed by atoms with E-state index in [1.54, 1.807) is 13.2 Å². The third-order valence-electron chi connectivity index (χ3n) is 4.62. The molecule has 24 heavy (non-hydrogen) atoms. The number of ether oxygens (including phenoxy) is 3. The van der Waals surface area contributed by atoms with E-state index >= 15 is 0 Å². The van der Waals surface area contributed by atoms with Crippen molar-refractivity contribution in [2.45, 2.75) is 13.0 Å². The average Bonchev–Trinajstić information content (AvgIpc) is 2.65. The van der Waals surface area contributed by atoms with Crippen LogP contribution in [-0.2, 0) is 13.0 Å². The summed E-state index contributed by atoms with van der Waals surface area (Å²) in [5.41, 5.74) is 3.45. The van der Waals surface area contributed by atoms with Crippen molar-refractivity contribution in [2.75, 3.05) is 21.3 Å². The molecule has 0 saturated heterocycles. The maximum absolute atomic E-state index is 7.48. The molecule has 0 unspecified atom stereocenters. The zero-order valence-corrected chi connectivity index (χ0v) is 13.6. The summed E-state index contributed by atoms with van der Waals surface area (Å²) in [4.78, 5) is 0. The molecule has 3 aromatic rings. The molecule has 0 fully saturated rings. The van der Waals surface area contributed by atoms with Crippen molar-refractivity contribution in [1.29, 1.82) is 0 Å². The molecule has 122 valence electrons. The van der Waals surface area contributed by atoms with Crippen LogP contribution in [0.3, 0.4) is 0 Å². The summed E-state index contributed by atoms with van der Waals surface area (Å²) >= 11 is 0. The van der Waals surface area contributed by atoms with E-state index in [1.165, 1.54) is 12.7 Å². The van der Waals surface area contributed by atoms with Crippen LogP contribution >= 0.6 is 0 Å². The van der Waals surface area contributed by atoms with Crippen LogP contribution in [0.4, 0.5) is 0 Å². The number of hydrogen-bond donors (Lipinski definition) is 0. The van der Waals surface area contributed by atoms with Crippen LogP contribution in [0.25, 0.3) is 22.0 Å². The van der Waals surface area contributed by atoms with Crippen molar-refractivity contribution >= 4 is 10.8 Å². The second kappa shape index (κ2) is 5.71. The summed E-state index contributed by atoms with van der Waals surface area (Å²) in [5.74, 6) is 1.45. The van der Waals surface area contributed by atoms with Gasteiger partial charge in [0.2, 0.25) is 5.69 Å². The van der Waals surface area contributed by atoms with Crippen molar-refractivity contribution in [3.63, 3.8) is 0 Å². The fourth-order valence-electron chi connectivity index (χ4n) is 3.37. The number of aryl methyl sites for hydroxylation is 2. The van der Waals surface area contributed by atoms with Crippen LogP contribution in [0.5, 0.6) is 17.2 Å². The summed E-state index contributed by atoms with van der Waals surface area (Å²) in [5, 5.41) is 1.59. The predicted molar refractivity (Wildman–Crippen MR) is 92.9 cm³/mol. The highest BCUT2D eigenvalue weighted by Gasteiger charge is 2.25. The van der Waals surface area contributed by atoms with Gasteiger partial charge in [-0.2, -0.15) is 4.57 Å². The molecule has 4 nitrogen and oxygen atoms in total. The van der Waals surface area contributed by atoms with Gasteiger partial charge in [0.05, 0.1) is 36.3 Å². The molecule has 1 aliphatic heterocycles. The summed E-state index contributed by atoms with van der Waals surface area (Å²) in [6.45, 7) is 0.801. The van der Waals surface area contributed by atoms with Gasteiger partial charge in [0.25, 0.3) is 0 Å². The molecule has 0 spiro atoms. The molecule has 4 rings (SSSR count). The van der Waals surface area contributed by atoms with Gasteiger partial charge in [-0.3, -0.25) is 0 Å². The standard InChI is InChI=1S/C20H20NO3/c1-22-15-6-4-13-8-9-21-12-17-14(10-18(21)16(13)11-15)5-7-19(23-2)20(17)24-3/h4-7,10-12H,8-9H2,1-3H3/q+1/i3+1D3. The van der Waals surface area contributed by atoms with Crippen molar-refractivity contribution < 1.29 is 22.9 Å². The molecule has 0 amide bonds. The van der Waals surface area contributed by atoms with E-state index in [4.69, 9.17) is 18.3 Å². The monoisotopic (exact) mass is 326 g/mol. The second-order valence-electron chi connectivity index (χ2n) is 5.83. The van der Waals surface area contributed by atoms with E-state index < -0.39 is 7.04 Å². The lowest BCUT2D eigenvalue weighted by Crippen LogP contribution is -2.40. The first-order valence-corrected chi connectivity index (χ1v) is 7.80. The van der Waals surface area contributed by atoms with Gasteiger partial charge in [0.15, 0.2) is 24.2 Å². The maximum Gasteiger partial charge on any atom is 0.213 e. The number of aromatic nitrogens is 1. The fraction of sp³-hybridized carbons (Fsp3) is 0.250. The molecule has 2 heterocycles. The summed E-state index contributed by atoms with van der Waals surface area (Å²) < 4.78 is 40.5. The van der Waals surface area contributed by atoms with Gasteiger partial charge in [0, 0.05) is 12.5 Å². The van der Waals surface area contributed by atoms with Crippen molar-refractivity contribution in [3.05, 3.63) is 48.2 Å². The van der Waals surface area contributed by atoms with Gasteiger partial charge in [-0.25, -0.2) is 0 Å². The number of hydrogen-bond acceptors (Lipinski definition) is 3. The quantitative estimate of drug-likeness (QED) is 0.546. The highest BCUT2D eigenvalue weighted by Crippen LogP contribution is 2.37. The van der Waals surface area contributed by atoms with E-state index in [-0.39, 0.29) is 5.75 Å². The van der Waals surface area contributed by atoms with Crippen LogP contribution in [0, 0.1) is 0 Å². The van der Waals surface area contributed by atoms with E-state index in [0.717, 1.165) is 35.4 Å². The molecule has 0 saturated carbocycles. The Morgan fingerprint density at radius 1 is 1.04 bits per heavy atom. The first-order valence-electron chi connectivity index (χ1n) is 9.30. The molecule has 0 atom stereocenters. The number of fused-ring (bicyclic) bond motifs is 4. The first kappa shape index (κ1) is 11.7. The maximum atomic E-state index is 7.48. The van der Waals surface area contributed by atoms with E-state index in [0.29, 0.717) is 11.1 Å². The topological polar surface area (TPSA) is 31.6 Å². The Hall–Kier alpha value is -2.75. The Bertz CT molecular complexity index is 1030. The number of rotatable bonds is 3. The van der Waals surface area contributed by atoms with Crippen LogP contribution in [0.1, 0.15) is 9.68 Å². The van der Waals surface area contributed by atoms with E-state index in [2.05, 4.69) is 16.7 Å². The van der Waals surface area contributed by atoms with Crippen molar-refractivity contribution in [1.82, 2.24) is 0 Å². The Labute approximate surface area is 145 Å². The smallest absolute Gasteiger partial charge is 0.213 e. The largest absolute Gasteiger partial charge is 0.497 e. The minimum Gasteiger partial charge on any atom is -0.497 e. The molecular formula is C20H20NO3+. The Morgan fingerprint density at radius 2 is 1.96 bits per heavy atom. The van der Waals surface area contributed by atoms with Crippen LogP contribution in [0.2, 0.25) is 0 Å². The summed E-state index contributed by atoms with van der Waals surface area (Å²) in [6, 6.07) is 11.8. The van der Waals surface area contributed by atoms with E-state index in [9.17, 15) is 0 Å². The van der Waals surface area contributed by atoms with Crippen LogP contribution < -0.4 is 18.8 Å². The van der Waals surface area contributed by atoms with Crippen LogP contribution in [0.15, 0.2) is 42.6 Å². The Kier molecular flexibility index (Phi) is 2.79. The lowest BCUT2D eigenvalue weighted by atomic mass is 9.95. The third kappa shape index (κ3) is 2.18. The molecule has 0 aliphatic carbocycles. The van der Waals surface area contributed by atoms with Gasteiger partial charge >= 0.3 is 0 Å². The number of methoxy groups -OCH3 is 3. The SMILES string of the molecule is [2H][13C]([2H])([2H])Oc1c(OC)ccc2cc3[n+](cc12)CCc1ccc(OC)cc1-3. The summed E-state index contributed by atoms with van der Waals surface area (Å²) in [6.07, 6.45) is 2.83. The van der Waals surface area contributed by atoms with Gasteiger partial charge < -0.3 is 14.2 Å². The number of benzene rings is 2. The molecule has 0 radical (unpaired) electrons.